The van der Waals surface area contributed by atoms with Crippen molar-refractivity contribution >= 4 is 23.0 Å². The zero-order valence-corrected chi connectivity index (χ0v) is 13.5. The van der Waals surface area contributed by atoms with Crippen LogP contribution in [0.4, 0.5) is 0 Å². The summed E-state index contributed by atoms with van der Waals surface area (Å²) in [6, 6.07) is 2.12. The van der Waals surface area contributed by atoms with Gasteiger partial charge in [0.1, 0.15) is 5.78 Å². The van der Waals surface area contributed by atoms with Crippen molar-refractivity contribution in [2.75, 3.05) is 13.1 Å². The third kappa shape index (κ3) is 3.05. The summed E-state index contributed by atoms with van der Waals surface area (Å²) in [5.74, 6) is 0.503. The summed E-state index contributed by atoms with van der Waals surface area (Å²) in [7, 11) is 0. The number of rotatable bonds is 2. The van der Waals surface area contributed by atoms with Gasteiger partial charge in [0.2, 0.25) is 0 Å². The Bertz CT molecular complexity index is 525. The molecule has 0 radical (unpaired) electrons. The molecule has 0 bridgehead atoms. The van der Waals surface area contributed by atoms with E-state index in [9.17, 15) is 9.59 Å². The molecule has 0 N–H and O–H groups in total. The van der Waals surface area contributed by atoms with Crippen LogP contribution in [-0.4, -0.2) is 29.7 Å². The Labute approximate surface area is 130 Å². The first-order valence-electron chi connectivity index (χ1n) is 8.12. The maximum atomic E-state index is 12.7. The number of carbonyl (C=O) groups is 2. The van der Waals surface area contributed by atoms with Crippen LogP contribution in [0.5, 0.6) is 0 Å². The Morgan fingerprint density at radius 1 is 1.29 bits per heavy atom. The van der Waals surface area contributed by atoms with Gasteiger partial charge in [-0.05, 0) is 43.7 Å². The van der Waals surface area contributed by atoms with Gasteiger partial charge in [0.25, 0.3) is 5.91 Å². The van der Waals surface area contributed by atoms with Gasteiger partial charge in [-0.2, -0.15) is 0 Å². The quantitative estimate of drug-likeness (QED) is 0.785. The summed E-state index contributed by atoms with van der Waals surface area (Å²) in [4.78, 5) is 28.7. The number of ketones is 1. The van der Waals surface area contributed by atoms with Crippen LogP contribution >= 0.6 is 11.3 Å². The lowest BCUT2D eigenvalue weighted by Crippen LogP contribution is -2.43. The molecular formula is C17H23NO2S. The van der Waals surface area contributed by atoms with E-state index in [4.69, 9.17) is 0 Å². The Hall–Kier alpha value is -1.16. The highest BCUT2D eigenvalue weighted by Crippen LogP contribution is 2.30. The number of likely N-dealkylation sites (tertiary alicyclic amines) is 1. The van der Waals surface area contributed by atoms with E-state index in [0.29, 0.717) is 25.3 Å². The van der Waals surface area contributed by atoms with Crippen molar-refractivity contribution < 1.29 is 9.59 Å². The molecule has 1 atom stereocenters. The monoisotopic (exact) mass is 305 g/mol. The lowest BCUT2D eigenvalue weighted by atomic mass is 9.94. The number of piperidine rings is 1. The minimum absolute atomic E-state index is 0.0421. The average Bonchev–Trinajstić information content (AvgIpc) is 2.78. The lowest BCUT2D eigenvalue weighted by Gasteiger charge is -2.31. The van der Waals surface area contributed by atoms with Crippen LogP contribution in [-0.2, 0) is 17.6 Å². The van der Waals surface area contributed by atoms with Crippen LogP contribution in [0, 0.1) is 5.92 Å². The van der Waals surface area contributed by atoms with Crippen LogP contribution < -0.4 is 0 Å². The molecule has 0 saturated carbocycles. The van der Waals surface area contributed by atoms with Crippen molar-refractivity contribution in [3.63, 3.8) is 0 Å². The molecule has 1 saturated heterocycles. The minimum Gasteiger partial charge on any atom is -0.337 e. The standard InChI is InChI=1S/C17H23NO2S/c1-2-12-11-18(9-8-14(12)19)17(20)16-10-13-6-4-3-5-7-15(13)21-16/h10,12H,2-9,11H2,1H3. The first-order valence-corrected chi connectivity index (χ1v) is 8.94. The minimum atomic E-state index is 0.0421. The lowest BCUT2D eigenvalue weighted by molar-refractivity contribution is -0.125. The molecule has 2 aliphatic rings. The van der Waals surface area contributed by atoms with Crippen LogP contribution in [0.3, 0.4) is 0 Å². The first kappa shape index (κ1) is 14.8. The summed E-state index contributed by atoms with van der Waals surface area (Å²) in [5, 5.41) is 0. The van der Waals surface area contributed by atoms with Crippen LogP contribution in [0.25, 0.3) is 0 Å². The number of fused-ring (bicyclic) bond motifs is 1. The molecule has 114 valence electrons. The Morgan fingerprint density at radius 2 is 2.10 bits per heavy atom. The largest absolute Gasteiger partial charge is 0.337 e. The number of nitrogens with zero attached hydrogens (tertiary/aromatic N) is 1. The summed E-state index contributed by atoms with van der Waals surface area (Å²) in [6.07, 6.45) is 7.40. The van der Waals surface area contributed by atoms with E-state index in [1.54, 1.807) is 11.3 Å². The Balaban J connectivity index is 1.75. The van der Waals surface area contributed by atoms with Gasteiger partial charge in [-0.25, -0.2) is 0 Å². The normalized spacial score (nSPS) is 22.8. The summed E-state index contributed by atoms with van der Waals surface area (Å²) in [6.45, 7) is 3.23. The third-order valence-corrected chi connectivity index (χ3v) is 5.99. The highest BCUT2D eigenvalue weighted by Gasteiger charge is 2.30. The molecule has 1 fully saturated rings. The second-order valence-electron chi connectivity index (χ2n) is 6.19. The van der Waals surface area contributed by atoms with Crippen molar-refractivity contribution in [3.8, 4) is 0 Å². The topological polar surface area (TPSA) is 37.4 Å². The molecular weight excluding hydrogens is 282 g/mol. The molecule has 0 spiro atoms. The van der Waals surface area contributed by atoms with E-state index < -0.39 is 0 Å². The van der Waals surface area contributed by atoms with Gasteiger partial charge in [-0.3, -0.25) is 9.59 Å². The molecule has 0 aromatic carbocycles. The Morgan fingerprint density at radius 3 is 2.90 bits per heavy atom. The zero-order chi connectivity index (χ0) is 14.8. The fourth-order valence-electron chi connectivity index (χ4n) is 3.38. The van der Waals surface area contributed by atoms with Crippen molar-refractivity contribution in [2.45, 2.75) is 51.9 Å². The molecule has 1 amide bonds. The van der Waals surface area contributed by atoms with E-state index in [1.165, 1.54) is 29.7 Å². The van der Waals surface area contributed by atoms with Gasteiger partial charge in [0.05, 0.1) is 4.88 Å². The van der Waals surface area contributed by atoms with Gasteiger partial charge in [0.15, 0.2) is 0 Å². The van der Waals surface area contributed by atoms with E-state index in [0.717, 1.165) is 24.1 Å². The molecule has 3 nitrogen and oxygen atoms in total. The molecule has 1 aromatic rings. The number of amides is 1. The van der Waals surface area contributed by atoms with Crippen molar-refractivity contribution in [2.24, 2.45) is 5.92 Å². The number of hydrogen-bond donors (Lipinski definition) is 0. The number of aryl methyl sites for hydroxylation is 2. The second-order valence-corrected chi connectivity index (χ2v) is 7.33. The van der Waals surface area contributed by atoms with Crippen LogP contribution in [0.1, 0.15) is 59.1 Å². The molecule has 2 heterocycles. The molecule has 3 rings (SSSR count). The number of thiophene rings is 1. The Kier molecular flexibility index (Phi) is 4.43. The van der Waals surface area contributed by atoms with Crippen LogP contribution in [0.2, 0.25) is 0 Å². The predicted octanol–water partition coefficient (Wildman–Crippen LogP) is 3.46. The van der Waals surface area contributed by atoms with E-state index in [1.807, 2.05) is 11.8 Å². The van der Waals surface area contributed by atoms with E-state index in [2.05, 4.69) is 6.07 Å². The van der Waals surface area contributed by atoms with Gasteiger partial charge in [-0.15, -0.1) is 11.3 Å². The first-order chi connectivity index (χ1) is 10.2. The summed E-state index contributed by atoms with van der Waals surface area (Å²) in [5.41, 5.74) is 1.39. The number of Topliss-reactive ketones (excluding diaryl/α,β-unsaturated/α-hetero) is 1. The summed E-state index contributed by atoms with van der Waals surface area (Å²) < 4.78 is 0. The average molecular weight is 305 g/mol. The number of hydrogen-bond acceptors (Lipinski definition) is 3. The summed E-state index contributed by atoms with van der Waals surface area (Å²) >= 11 is 1.68. The molecule has 1 aliphatic heterocycles. The van der Waals surface area contributed by atoms with Gasteiger partial charge in [-0.1, -0.05) is 13.3 Å². The van der Waals surface area contributed by atoms with Gasteiger partial charge < -0.3 is 4.90 Å². The van der Waals surface area contributed by atoms with Crippen molar-refractivity contribution in [3.05, 3.63) is 21.4 Å². The number of carbonyl (C=O) groups excluding carboxylic acids is 2. The second kappa shape index (κ2) is 6.30. The fourth-order valence-corrected chi connectivity index (χ4v) is 4.60. The van der Waals surface area contributed by atoms with E-state index in [-0.39, 0.29) is 11.8 Å². The van der Waals surface area contributed by atoms with Crippen LogP contribution in [0.15, 0.2) is 6.07 Å². The molecule has 1 aliphatic carbocycles. The SMILES string of the molecule is CCC1CN(C(=O)c2cc3c(s2)CCCCC3)CCC1=O. The third-order valence-electron chi connectivity index (χ3n) is 4.76. The highest BCUT2D eigenvalue weighted by atomic mass is 32.1. The van der Waals surface area contributed by atoms with Gasteiger partial charge in [0, 0.05) is 30.3 Å². The molecule has 21 heavy (non-hydrogen) atoms. The highest BCUT2D eigenvalue weighted by molar-refractivity contribution is 7.14. The smallest absolute Gasteiger partial charge is 0.263 e. The maximum absolute atomic E-state index is 12.7. The predicted molar refractivity (Wildman–Crippen MR) is 84.9 cm³/mol. The van der Waals surface area contributed by atoms with E-state index >= 15 is 0 Å². The fraction of sp³-hybridized carbons (Fsp3) is 0.647. The van der Waals surface area contributed by atoms with Gasteiger partial charge >= 0.3 is 0 Å². The molecule has 1 unspecified atom stereocenters. The van der Waals surface area contributed by atoms with Crippen molar-refractivity contribution in [1.82, 2.24) is 4.90 Å². The molecule has 1 aromatic heterocycles. The molecule has 4 heteroatoms. The maximum Gasteiger partial charge on any atom is 0.263 e. The van der Waals surface area contributed by atoms with Crippen molar-refractivity contribution in [1.29, 1.82) is 0 Å². The zero-order valence-electron chi connectivity index (χ0n) is 12.7.